The molecule has 0 radical (unpaired) electrons. The summed E-state index contributed by atoms with van der Waals surface area (Å²) in [6.45, 7) is 5.96. The number of rotatable bonds is 5. The van der Waals surface area contributed by atoms with Gasteiger partial charge in [0.2, 0.25) is 0 Å². The third kappa shape index (κ3) is 3.16. The summed E-state index contributed by atoms with van der Waals surface area (Å²) in [6, 6.07) is 0. The summed E-state index contributed by atoms with van der Waals surface area (Å²) in [4.78, 5) is 0. The molecule has 11 heavy (non-hydrogen) atoms. The first-order chi connectivity index (χ1) is 5.06. The summed E-state index contributed by atoms with van der Waals surface area (Å²) in [5.74, 6) is -1.34. The molecule has 0 aliphatic rings. The number of nitrogens with two attached hydrogens (primary N) is 1. The predicted octanol–water partition coefficient (Wildman–Crippen LogP) is 0.0527. The van der Waals surface area contributed by atoms with E-state index in [0.29, 0.717) is 13.2 Å². The summed E-state index contributed by atoms with van der Waals surface area (Å²) >= 11 is 0. The van der Waals surface area contributed by atoms with Gasteiger partial charge in [0.05, 0.1) is 0 Å². The van der Waals surface area contributed by atoms with Crippen molar-refractivity contribution < 1.29 is 14.6 Å². The second kappa shape index (κ2) is 4.66. The smallest absolute Gasteiger partial charge is 0.251 e. The van der Waals surface area contributed by atoms with Gasteiger partial charge in [0.15, 0.2) is 0 Å². The van der Waals surface area contributed by atoms with Gasteiger partial charge in [-0.25, -0.2) is 0 Å². The second-order valence-corrected chi connectivity index (χ2v) is 2.26. The first-order valence-electron chi connectivity index (χ1n) is 3.81. The molecule has 3 N–H and O–H groups in total. The fourth-order valence-corrected chi connectivity index (χ4v) is 0.734. The molecular formula is C7H17NO3. The second-order valence-electron chi connectivity index (χ2n) is 2.26. The Morgan fingerprint density at radius 2 is 1.73 bits per heavy atom. The van der Waals surface area contributed by atoms with E-state index in [4.69, 9.17) is 20.3 Å². The molecule has 0 bridgehead atoms. The average molecular weight is 163 g/mol. The van der Waals surface area contributed by atoms with Gasteiger partial charge in [0.25, 0.3) is 5.91 Å². The highest BCUT2D eigenvalue weighted by molar-refractivity contribution is 4.67. The van der Waals surface area contributed by atoms with Crippen LogP contribution in [-0.4, -0.2) is 30.3 Å². The molecule has 0 aromatic heterocycles. The summed E-state index contributed by atoms with van der Waals surface area (Å²) in [5, 5.41) is 9.16. The molecule has 0 saturated heterocycles. The van der Waals surface area contributed by atoms with Crippen LogP contribution in [0.1, 0.15) is 20.8 Å². The van der Waals surface area contributed by atoms with Crippen LogP contribution in [0.2, 0.25) is 0 Å². The van der Waals surface area contributed by atoms with Crippen LogP contribution in [0.4, 0.5) is 0 Å². The molecule has 0 aliphatic heterocycles. The summed E-state index contributed by atoms with van der Waals surface area (Å²) in [5.41, 5.74) is 5.57. The van der Waals surface area contributed by atoms with E-state index in [-0.39, 0.29) is 0 Å². The lowest BCUT2D eigenvalue weighted by molar-refractivity contribution is -0.272. The third-order valence-corrected chi connectivity index (χ3v) is 1.32. The molecule has 1 unspecified atom stereocenters. The summed E-state index contributed by atoms with van der Waals surface area (Å²) in [7, 11) is 0. The van der Waals surface area contributed by atoms with Crippen molar-refractivity contribution in [3.05, 3.63) is 0 Å². The van der Waals surface area contributed by atoms with Crippen LogP contribution in [0, 0.1) is 0 Å². The van der Waals surface area contributed by atoms with E-state index in [0.717, 1.165) is 0 Å². The predicted molar refractivity (Wildman–Crippen MR) is 41.9 cm³/mol. The van der Waals surface area contributed by atoms with Crippen molar-refractivity contribution in [2.45, 2.75) is 32.8 Å². The molecule has 0 aromatic carbocycles. The van der Waals surface area contributed by atoms with Gasteiger partial charge in [-0.3, -0.25) is 5.73 Å². The van der Waals surface area contributed by atoms with E-state index in [2.05, 4.69) is 0 Å². The van der Waals surface area contributed by atoms with Crippen LogP contribution < -0.4 is 5.73 Å². The molecule has 0 rings (SSSR count). The molecule has 0 amide bonds. The highest BCUT2D eigenvalue weighted by Gasteiger charge is 2.31. The fraction of sp³-hybridized carbons (Fsp3) is 1.00. The van der Waals surface area contributed by atoms with Crippen molar-refractivity contribution in [2.24, 2.45) is 5.73 Å². The number of aliphatic hydroxyl groups excluding tert-OH is 1. The van der Waals surface area contributed by atoms with E-state index in [1.807, 2.05) is 0 Å². The van der Waals surface area contributed by atoms with E-state index < -0.39 is 12.0 Å². The molecule has 0 saturated carbocycles. The molecule has 0 aliphatic carbocycles. The highest BCUT2D eigenvalue weighted by atomic mass is 16.7. The van der Waals surface area contributed by atoms with Gasteiger partial charge in [0, 0.05) is 13.2 Å². The van der Waals surface area contributed by atoms with Gasteiger partial charge >= 0.3 is 0 Å². The first kappa shape index (κ1) is 10.8. The van der Waals surface area contributed by atoms with Crippen molar-refractivity contribution in [1.82, 2.24) is 0 Å². The van der Waals surface area contributed by atoms with Crippen LogP contribution in [0.25, 0.3) is 0 Å². The minimum atomic E-state index is -1.34. The zero-order valence-corrected chi connectivity index (χ0v) is 7.33. The topological polar surface area (TPSA) is 64.7 Å². The zero-order chi connectivity index (χ0) is 8.91. The van der Waals surface area contributed by atoms with Crippen molar-refractivity contribution in [3.8, 4) is 0 Å². The van der Waals surface area contributed by atoms with E-state index in [1.165, 1.54) is 6.92 Å². The number of hydrogen-bond acceptors (Lipinski definition) is 4. The number of aliphatic hydroxyl groups is 1. The Morgan fingerprint density at radius 3 is 1.91 bits per heavy atom. The zero-order valence-electron chi connectivity index (χ0n) is 7.33. The Balaban J connectivity index is 4.01. The van der Waals surface area contributed by atoms with Crippen molar-refractivity contribution in [3.63, 3.8) is 0 Å². The van der Waals surface area contributed by atoms with Crippen molar-refractivity contribution >= 4 is 0 Å². The molecule has 0 aromatic rings. The normalized spacial score (nSPS) is 15.0. The van der Waals surface area contributed by atoms with E-state index >= 15 is 0 Å². The minimum Gasteiger partial charge on any atom is -0.386 e. The Hall–Kier alpha value is -0.160. The molecular weight excluding hydrogens is 146 g/mol. The Morgan fingerprint density at radius 1 is 1.36 bits per heavy atom. The lowest BCUT2D eigenvalue weighted by atomic mass is 10.3. The standard InChI is InChI=1S/C7H17NO3/c1-4-10-7(8,6(3)9)11-5-2/h6,9H,4-5,8H2,1-3H3. The van der Waals surface area contributed by atoms with Gasteiger partial charge in [-0.05, 0) is 20.8 Å². The van der Waals surface area contributed by atoms with Crippen LogP contribution in [0.3, 0.4) is 0 Å². The third-order valence-electron chi connectivity index (χ3n) is 1.32. The van der Waals surface area contributed by atoms with Crippen LogP contribution in [0.5, 0.6) is 0 Å². The maximum Gasteiger partial charge on any atom is 0.251 e. The summed E-state index contributed by atoms with van der Waals surface area (Å²) < 4.78 is 10.1. The van der Waals surface area contributed by atoms with Gasteiger partial charge < -0.3 is 14.6 Å². The Bertz CT molecular complexity index is 99.9. The molecule has 1 atom stereocenters. The molecule has 4 heteroatoms. The van der Waals surface area contributed by atoms with E-state index in [1.54, 1.807) is 13.8 Å². The van der Waals surface area contributed by atoms with Crippen LogP contribution >= 0.6 is 0 Å². The maximum atomic E-state index is 9.16. The van der Waals surface area contributed by atoms with Gasteiger partial charge in [-0.15, -0.1) is 0 Å². The molecule has 68 valence electrons. The Kier molecular flexibility index (Phi) is 4.60. The van der Waals surface area contributed by atoms with Gasteiger partial charge in [0.1, 0.15) is 6.10 Å². The number of hydrogen-bond donors (Lipinski definition) is 2. The minimum absolute atomic E-state index is 0.418. The fourth-order valence-electron chi connectivity index (χ4n) is 0.734. The molecule has 0 fully saturated rings. The van der Waals surface area contributed by atoms with E-state index in [9.17, 15) is 0 Å². The lowest BCUT2D eigenvalue weighted by Gasteiger charge is -2.30. The molecule has 4 nitrogen and oxygen atoms in total. The summed E-state index contributed by atoms with van der Waals surface area (Å²) in [6.07, 6.45) is -0.831. The molecule has 0 spiro atoms. The largest absolute Gasteiger partial charge is 0.386 e. The number of ether oxygens (including phenoxy) is 2. The van der Waals surface area contributed by atoms with Gasteiger partial charge in [-0.1, -0.05) is 0 Å². The lowest BCUT2D eigenvalue weighted by Crippen LogP contribution is -2.54. The maximum absolute atomic E-state index is 9.16. The van der Waals surface area contributed by atoms with Crippen molar-refractivity contribution in [2.75, 3.05) is 13.2 Å². The average Bonchev–Trinajstić information content (AvgIpc) is 1.88. The quantitative estimate of drug-likeness (QED) is 0.562. The Labute approximate surface area is 67.3 Å². The van der Waals surface area contributed by atoms with Gasteiger partial charge in [-0.2, -0.15) is 0 Å². The van der Waals surface area contributed by atoms with Crippen molar-refractivity contribution in [1.29, 1.82) is 0 Å². The van der Waals surface area contributed by atoms with Crippen LogP contribution in [0.15, 0.2) is 0 Å². The highest BCUT2D eigenvalue weighted by Crippen LogP contribution is 2.10. The monoisotopic (exact) mass is 163 g/mol. The molecule has 0 heterocycles. The SMILES string of the molecule is CCOC(N)(OCC)C(C)O. The first-order valence-corrected chi connectivity index (χ1v) is 3.81. The van der Waals surface area contributed by atoms with Crippen LogP contribution in [-0.2, 0) is 9.47 Å².